The van der Waals surface area contributed by atoms with Crippen LogP contribution in [-0.2, 0) is 6.54 Å². The second-order valence-electron chi connectivity index (χ2n) is 4.07. The van der Waals surface area contributed by atoms with E-state index in [1.165, 1.54) is 5.56 Å². The number of nitrogens with zero attached hydrogens (tertiary/aromatic N) is 1. The molecule has 1 aromatic carbocycles. The Bertz CT molecular complexity index is 355. The van der Waals surface area contributed by atoms with Crippen molar-refractivity contribution in [2.75, 3.05) is 26.9 Å². The maximum absolute atomic E-state index is 5.48. The number of fused-ring (bicyclic) bond motifs is 1. The second kappa shape index (κ2) is 5.18. The van der Waals surface area contributed by atoms with Crippen molar-refractivity contribution in [2.45, 2.75) is 13.0 Å². The molecule has 16 heavy (non-hydrogen) atoms. The molecule has 2 rings (SSSR count). The Morgan fingerprint density at radius 2 is 2.12 bits per heavy atom. The molecular formula is C12H18N2O2. The van der Waals surface area contributed by atoms with Crippen molar-refractivity contribution in [3.05, 3.63) is 23.8 Å². The minimum Gasteiger partial charge on any atom is -0.454 e. The van der Waals surface area contributed by atoms with Gasteiger partial charge >= 0.3 is 0 Å². The van der Waals surface area contributed by atoms with Gasteiger partial charge in [0.05, 0.1) is 0 Å². The van der Waals surface area contributed by atoms with E-state index in [9.17, 15) is 0 Å². The molecule has 0 radical (unpaired) electrons. The molecule has 1 aliphatic heterocycles. The van der Waals surface area contributed by atoms with Gasteiger partial charge in [-0.15, -0.1) is 0 Å². The lowest BCUT2D eigenvalue weighted by molar-refractivity contribution is 0.174. The van der Waals surface area contributed by atoms with E-state index < -0.39 is 0 Å². The van der Waals surface area contributed by atoms with Gasteiger partial charge in [-0.25, -0.2) is 0 Å². The molecule has 0 fully saturated rings. The number of benzene rings is 1. The van der Waals surface area contributed by atoms with Crippen LogP contribution >= 0.6 is 0 Å². The van der Waals surface area contributed by atoms with Gasteiger partial charge in [-0.2, -0.15) is 0 Å². The van der Waals surface area contributed by atoms with Crippen molar-refractivity contribution in [1.82, 2.24) is 4.90 Å². The van der Waals surface area contributed by atoms with E-state index >= 15 is 0 Å². The Kier molecular flexibility index (Phi) is 3.64. The number of rotatable bonds is 5. The van der Waals surface area contributed by atoms with Crippen LogP contribution in [0.15, 0.2) is 18.2 Å². The average molecular weight is 222 g/mol. The fourth-order valence-electron chi connectivity index (χ4n) is 1.79. The number of nitrogens with two attached hydrogens (primary N) is 1. The van der Waals surface area contributed by atoms with Crippen LogP contribution in [0.3, 0.4) is 0 Å². The summed E-state index contributed by atoms with van der Waals surface area (Å²) < 4.78 is 10.6. The van der Waals surface area contributed by atoms with Crippen LogP contribution in [0.25, 0.3) is 0 Å². The van der Waals surface area contributed by atoms with Crippen LogP contribution in [0.4, 0.5) is 0 Å². The van der Waals surface area contributed by atoms with Crippen LogP contribution < -0.4 is 15.2 Å². The molecule has 2 N–H and O–H groups in total. The molecule has 0 spiro atoms. The molecule has 0 saturated heterocycles. The summed E-state index contributed by atoms with van der Waals surface area (Å²) in [7, 11) is 2.10. The molecule has 4 nitrogen and oxygen atoms in total. The third-order valence-corrected chi connectivity index (χ3v) is 2.63. The third-order valence-electron chi connectivity index (χ3n) is 2.63. The summed E-state index contributed by atoms with van der Waals surface area (Å²) in [5.41, 5.74) is 6.72. The maximum atomic E-state index is 5.48. The second-order valence-corrected chi connectivity index (χ2v) is 4.07. The highest BCUT2D eigenvalue weighted by Crippen LogP contribution is 2.32. The monoisotopic (exact) mass is 222 g/mol. The summed E-state index contributed by atoms with van der Waals surface area (Å²) in [5, 5.41) is 0. The van der Waals surface area contributed by atoms with Crippen molar-refractivity contribution >= 4 is 0 Å². The van der Waals surface area contributed by atoms with E-state index in [1.54, 1.807) is 0 Å². The zero-order valence-electron chi connectivity index (χ0n) is 9.61. The first-order chi connectivity index (χ1) is 7.79. The summed E-state index contributed by atoms with van der Waals surface area (Å²) in [6.07, 6.45) is 1.03. The quantitative estimate of drug-likeness (QED) is 0.813. The molecule has 0 atom stereocenters. The summed E-state index contributed by atoms with van der Waals surface area (Å²) in [6.45, 7) is 3.01. The molecule has 0 aliphatic carbocycles. The fraction of sp³-hybridized carbons (Fsp3) is 0.500. The van der Waals surface area contributed by atoms with Gasteiger partial charge in [-0.05, 0) is 44.3 Å². The SMILES string of the molecule is CN(CCCN)Cc1ccc2c(c1)OCO2. The standard InChI is InChI=1S/C12H18N2O2/c1-14(6-2-5-13)8-10-3-4-11-12(7-10)16-9-15-11/h3-4,7H,2,5-6,8-9,13H2,1H3. The Hall–Kier alpha value is -1.26. The van der Waals surface area contributed by atoms with E-state index in [0.717, 1.165) is 37.6 Å². The summed E-state index contributed by atoms with van der Waals surface area (Å²) in [6, 6.07) is 6.09. The first kappa shape index (κ1) is 11.2. The highest BCUT2D eigenvalue weighted by molar-refractivity contribution is 5.44. The molecule has 88 valence electrons. The topological polar surface area (TPSA) is 47.7 Å². The Labute approximate surface area is 95.9 Å². The smallest absolute Gasteiger partial charge is 0.231 e. The summed E-state index contributed by atoms with van der Waals surface area (Å²) in [5.74, 6) is 1.69. The number of ether oxygens (including phenoxy) is 2. The fourth-order valence-corrected chi connectivity index (χ4v) is 1.79. The number of hydrogen-bond donors (Lipinski definition) is 1. The Balaban J connectivity index is 1.94. The normalized spacial score (nSPS) is 13.4. The highest BCUT2D eigenvalue weighted by atomic mass is 16.7. The van der Waals surface area contributed by atoms with Crippen molar-refractivity contribution in [2.24, 2.45) is 5.73 Å². The largest absolute Gasteiger partial charge is 0.454 e. The van der Waals surface area contributed by atoms with E-state index in [4.69, 9.17) is 15.2 Å². The maximum Gasteiger partial charge on any atom is 0.231 e. The average Bonchev–Trinajstić information content (AvgIpc) is 2.73. The van der Waals surface area contributed by atoms with Gasteiger partial charge in [0.1, 0.15) is 0 Å². The van der Waals surface area contributed by atoms with Crippen LogP contribution in [0, 0.1) is 0 Å². The predicted octanol–water partition coefficient (Wildman–Crippen LogP) is 1.20. The molecule has 1 aliphatic rings. The summed E-state index contributed by atoms with van der Waals surface area (Å²) in [4.78, 5) is 2.25. The number of hydrogen-bond acceptors (Lipinski definition) is 4. The lowest BCUT2D eigenvalue weighted by Gasteiger charge is -2.16. The lowest BCUT2D eigenvalue weighted by atomic mass is 10.2. The van der Waals surface area contributed by atoms with E-state index in [0.29, 0.717) is 6.79 Å². The first-order valence-corrected chi connectivity index (χ1v) is 5.57. The van der Waals surface area contributed by atoms with E-state index in [1.807, 2.05) is 12.1 Å². The zero-order valence-corrected chi connectivity index (χ0v) is 9.61. The van der Waals surface area contributed by atoms with Gasteiger partial charge < -0.3 is 20.1 Å². The van der Waals surface area contributed by atoms with Gasteiger partial charge in [0.25, 0.3) is 0 Å². The van der Waals surface area contributed by atoms with Gasteiger partial charge in [-0.3, -0.25) is 0 Å². The molecule has 0 amide bonds. The molecular weight excluding hydrogens is 204 g/mol. The van der Waals surface area contributed by atoms with Crippen molar-refractivity contribution in [3.8, 4) is 11.5 Å². The first-order valence-electron chi connectivity index (χ1n) is 5.57. The van der Waals surface area contributed by atoms with E-state index in [-0.39, 0.29) is 0 Å². The van der Waals surface area contributed by atoms with Crippen LogP contribution in [0.2, 0.25) is 0 Å². The zero-order chi connectivity index (χ0) is 11.4. The molecule has 4 heteroatoms. The third kappa shape index (κ3) is 2.65. The minimum absolute atomic E-state index is 0.335. The van der Waals surface area contributed by atoms with Gasteiger partial charge in [-0.1, -0.05) is 6.07 Å². The highest BCUT2D eigenvalue weighted by Gasteiger charge is 2.13. The Morgan fingerprint density at radius 1 is 1.31 bits per heavy atom. The van der Waals surface area contributed by atoms with Crippen LogP contribution in [0.5, 0.6) is 11.5 Å². The molecule has 0 saturated carbocycles. The van der Waals surface area contributed by atoms with Crippen molar-refractivity contribution in [1.29, 1.82) is 0 Å². The van der Waals surface area contributed by atoms with E-state index in [2.05, 4.69) is 18.0 Å². The Morgan fingerprint density at radius 3 is 2.94 bits per heavy atom. The van der Waals surface area contributed by atoms with Crippen LogP contribution in [0.1, 0.15) is 12.0 Å². The van der Waals surface area contributed by atoms with Gasteiger partial charge in [0.2, 0.25) is 6.79 Å². The van der Waals surface area contributed by atoms with Crippen molar-refractivity contribution in [3.63, 3.8) is 0 Å². The summed E-state index contributed by atoms with van der Waals surface area (Å²) >= 11 is 0. The molecule has 1 aromatic rings. The lowest BCUT2D eigenvalue weighted by Crippen LogP contribution is -2.21. The van der Waals surface area contributed by atoms with Gasteiger partial charge in [0, 0.05) is 6.54 Å². The van der Waals surface area contributed by atoms with Crippen molar-refractivity contribution < 1.29 is 9.47 Å². The molecule has 0 aromatic heterocycles. The van der Waals surface area contributed by atoms with Crippen LogP contribution in [-0.4, -0.2) is 31.8 Å². The molecule has 1 heterocycles. The molecule has 0 unspecified atom stereocenters. The molecule has 0 bridgehead atoms. The minimum atomic E-state index is 0.335. The van der Waals surface area contributed by atoms with Gasteiger partial charge in [0.15, 0.2) is 11.5 Å². The predicted molar refractivity (Wildman–Crippen MR) is 62.6 cm³/mol.